The molecule has 0 heterocycles. The highest BCUT2D eigenvalue weighted by Crippen LogP contribution is 2.38. The standard InChI is InChI=1S/C14H17NO4/c1-9-7-12(9)14(17)19-8-13(16)15-10-3-5-11(18-2)6-4-10/h3-6,9,12H,7-8H2,1-2H3,(H,15,16)/t9-,12+/m1/s1. The molecule has 5 nitrogen and oxygen atoms in total. The van der Waals surface area contributed by atoms with E-state index in [0.717, 1.165) is 6.42 Å². The number of benzene rings is 1. The Morgan fingerprint density at radius 2 is 1.95 bits per heavy atom. The van der Waals surface area contributed by atoms with Gasteiger partial charge in [-0.3, -0.25) is 9.59 Å². The minimum Gasteiger partial charge on any atom is -0.497 e. The monoisotopic (exact) mass is 263 g/mol. The van der Waals surface area contributed by atoms with E-state index in [2.05, 4.69) is 5.32 Å². The third kappa shape index (κ3) is 3.71. The lowest BCUT2D eigenvalue weighted by atomic mass is 10.3. The van der Waals surface area contributed by atoms with Gasteiger partial charge in [0.15, 0.2) is 6.61 Å². The molecule has 0 unspecified atom stereocenters. The molecule has 102 valence electrons. The Morgan fingerprint density at radius 3 is 2.47 bits per heavy atom. The van der Waals surface area contributed by atoms with Crippen LogP contribution in [0.5, 0.6) is 5.75 Å². The molecule has 1 fully saturated rings. The summed E-state index contributed by atoms with van der Waals surface area (Å²) in [4.78, 5) is 23.0. The number of methoxy groups -OCH3 is 1. The molecule has 1 aliphatic rings. The van der Waals surface area contributed by atoms with Crippen molar-refractivity contribution >= 4 is 17.6 Å². The zero-order chi connectivity index (χ0) is 13.8. The van der Waals surface area contributed by atoms with Crippen molar-refractivity contribution in [3.63, 3.8) is 0 Å². The van der Waals surface area contributed by atoms with Gasteiger partial charge in [-0.05, 0) is 36.6 Å². The van der Waals surface area contributed by atoms with Crippen molar-refractivity contribution in [2.24, 2.45) is 11.8 Å². The topological polar surface area (TPSA) is 64.6 Å². The zero-order valence-corrected chi connectivity index (χ0v) is 11.0. The van der Waals surface area contributed by atoms with E-state index in [1.807, 2.05) is 6.92 Å². The van der Waals surface area contributed by atoms with Gasteiger partial charge in [0, 0.05) is 5.69 Å². The molecule has 0 bridgehead atoms. The van der Waals surface area contributed by atoms with Gasteiger partial charge in [-0.25, -0.2) is 0 Å². The van der Waals surface area contributed by atoms with E-state index in [9.17, 15) is 9.59 Å². The molecular weight excluding hydrogens is 246 g/mol. The van der Waals surface area contributed by atoms with Gasteiger partial charge in [0.25, 0.3) is 5.91 Å². The Kier molecular flexibility index (Phi) is 4.04. The quantitative estimate of drug-likeness (QED) is 0.823. The highest BCUT2D eigenvalue weighted by atomic mass is 16.5. The largest absolute Gasteiger partial charge is 0.497 e. The maximum atomic E-state index is 11.6. The number of rotatable bonds is 5. The molecule has 1 aromatic rings. The fourth-order valence-electron chi connectivity index (χ4n) is 1.77. The summed E-state index contributed by atoms with van der Waals surface area (Å²) in [7, 11) is 1.58. The molecule has 5 heteroatoms. The number of anilines is 1. The molecule has 0 radical (unpaired) electrons. The van der Waals surface area contributed by atoms with Crippen molar-refractivity contribution in [1.82, 2.24) is 0 Å². The normalized spacial score (nSPS) is 20.5. The van der Waals surface area contributed by atoms with E-state index in [1.54, 1.807) is 31.4 Å². The van der Waals surface area contributed by atoms with Crippen LogP contribution in [0.3, 0.4) is 0 Å². The van der Waals surface area contributed by atoms with Gasteiger partial charge in [-0.1, -0.05) is 6.92 Å². The third-order valence-corrected chi connectivity index (χ3v) is 3.13. The van der Waals surface area contributed by atoms with Crippen molar-refractivity contribution in [1.29, 1.82) is 0 Å². The van der Waals surface area contributed by atoms with Crippen molar-refractivity contribution < 1.29 is 19.1 Å². The van der Waals surface area contributed by atoms with Crippen LogP contribution in [-0.4, -0.2) is 25.6 Å². The molecule has 1 amide bonds. The molecule has 1 N–H and O–H groups in total. The molecule has 1 aliphatic carbocycles. The molecule has 2 rings (SSSR count). The van der Waals surface area contributed by atoms with E-state index in [-0.39, 0.29) is 24.4 Å². The average Bonchev–Trinajstić information content (AvgIpc) is 3.14. The number of carbonyl (C=O) groups is 2. The first-order valence-corrected chi connectivity index (χ1v) is 6.20. The van der Waals surface area contributed by atoms with Crippen LogP contribution in [0.4, 0.5) is 5.69 Å². The van der Waals surface area contributed by atoms with Gasteiger partial charge in [0.2, 0.25) is 0 Å². The smallest absolute Gasteiger partial charge is 0.309 e. The lowest BCUT2D eigenvalue weighted by Gasteiger charge is -2.07. The Labute approximate surface area is 111 Å². The Morgan fingerprint density at radius 1 is 1.32 bits per heavy atom. The Balaban J connectivity index is 1.75. The molecule has 0 saturated heterocycles. The number of esters is 1. The molecule has 0 spiro atoms. The van der Waals surface area contributed by atoms with E-state index in [1.165, 1.54) is 0 Å². The summed E-state index contributed by atoms with van der Waals surface area (Å²) in [5.41, 5.74) is 0.640. The Bertz CT molecular complexity index is 469. The summed E-state index contributed by atoms with van der Waals surface area (Å²) < 4.78 is 9.95. The predicted molar refractivity (Wildman–Crippen MR) is 69.9 cm³/mol. The molecule has 1 saturated carbocycles. The number of amides is 1. The minimum absolute atomic E-state index is 0.0196. The second-order valence-corrected chi connectivity index (χ2v) is 4.70. The summed E-state index contributed by atoms with van der Waals surface area (Å²) in [6, 6.07) is 6.93. The molecule has 1 aromatic carbocycles. The van der Waals surface area contributed by atoms with Crippen molar-refractivity contribution in [2.45, 2.75) is 13.3 Å². The summed E-state index contributed by atoms with van der Waals surface area (Å²) >= 11 is 0. The molecule has 2 atom stereocenters. The van der Waals surface area contributed by atoms with Crippen molar-refractivity contribution in [2.75, 3.05) is 19.0 Å². The highest BCUT2D eigenvalue weighted by Gasteiger charge is 2.40. The van der Waals surface area contributed by atoms with Crippen molar-refractivity contribution in [3.8, 4) is 5.75 Å². The summed E-state index contributed by atoms with van der Waals surface area (Å²) in [5.74, 6) is 0.460. The van der Waals surface area contributed by atoms with Crippen LogP contribution in [0, 0.1) is 11.8 Å². The molecule has 0 aliphatic heterocycles. The van der Waals surface area contributed by atoms with Crippen molar-refractivity contribution in [3.05, 3.63) is 24.3 Å². The van der Waals surface area contributed by atoms with Gasteiger partial charge in [0.05, 0.1) is 13.0 Å². The maximum absolute atomic E-state index is 11.6. The predicted octanol–water partition coefficient (Wildman–Crippen LogP) is 1.83. The van der Waals surface area contributed by atoms with Gasteiger partial charge in [-0.15, -0.1) is 0 Å². The summed E-state index contributed by atoms with van der Waals surface area (Å²) in [6.07, 6.45) is 0.860. The summed E-state index contributed by atoms with van der Waals surface area (Å²) in [6.45, 7) is 1.75. The van der Waals surface area contributed by atoms with Gasteiger partial charge < -0.3 is 14.8 Å². The molecular formula is C14H17NO4. The van der Waals surface area contributed by atoms with Crippen LogP contribution in [0.15, 0.2) is 24.3 Å². The van der Waals surface area contributed by atoms with Crippen LogP contribution in [0.25, 0.3) is 0 Å². The lowest BCUT2D eigenvalue weighted by Crippen LogP contribution is -2.21. The first-order valence-electron chi connectivity index (χ1n) is 6.20. The minimum atomic E-state index is -0.341. The fourth-order valence-corrected chi connectivity index (χ4v) is 1.77. The lowest BCUT2D eigenvalue weighted by molar-refractivity contribution is -0.148. The number of ether oxygens (including phenoxy) is 2. The average molecular weight is 263 g/mol. The summed E-state index contributed by atoms with van der Waals surface area (Å²) in [5, 5.41) is 2.65. The zero-order valence-electron chi connectivity index (χ0n) is 11.0. The molecule has 19 heavy (non-hydrogen) atoms. The number of hydrogen-bond donors (Lipinski definition) is 1. The van der Waals surface area contributed by atoms with E-state index in [0.29, 0.717) is 17.4 Å². The van der Waals surface area contributed by atoms with Gasteiger partial charge in [-0.2, -0.15) is 0 Å². The van der Waals surface area contributed by atoms with E-state index >= 15 is 0 Å². The van der Waals surface area contributed by atoms with E-state index < -0.39 is 0 Å². The maximum Gasteiger partial charge on any atom is 0.309 e. The second kappa shape index (κ2) is 5.73. The van der Waals surface area contributed by atoms with Gasteiger partial charge >= 0.3 is 5.97 Å². The first-order chi connectivity index (χ1) is 9.10. The van der Waals surface area contributed by atoms with Crippen LogP contribution in [-0.2, 0) is 14.3 Å². The third-order valence-electron chi connectivity index (χ3n) is 3.13. The van der Waals surface area contributed by atoms with Gasteiger partial charge in [0.1, 0.15) is 5.75 Å². The van der Waals surface area contributed by atoms with Crippen LogP contribution >= 0.6 is 0 Å². The first kappa shape index (κ1) is 13.4. The number of hydrogen-bond acceptors (Lipinski definition) is 4. The number of carbonyl (C=O) groups excluding carboxylic acids is 2. The highest BCUT2D eigenvalue weighted by molar-refractivity contribution is 5.93. The SMILES string of the molecule is COc1ccc(NC(=O)COC(=O)[C@H]2C[C@H]2C)cc1. The number of nitrogens with one attached hydrogen (secondary N) is 1. The second-order valence-electron chi connectivity index (χ2n) is 4.70. The van der Waals surface area contributed by atoms with E-state index in [4.69, 9.17) is 9.47 Å². The van der Waals surface area contributed by atoms with Crippen LogP contribution in [0.2, 0.25) is 0 Å². The Hall–Kier alpha value is -2.04. The molecule has 0 aromatic heterocycles. The van der Waals surface area contributed by atoms with Crippen LogP contribution < -0.4 is 10.1 Å². The fraction of sp³-hybridized carbons (Fsp3) is 0.429. The van der Waals surface area contributed by atoms with Crippen LogP contribution in [0.1, 0.15) is 13.3 Å².